The minimum Gasteiger partial charge on any atom is -0.368 e. The molecule has 0 aromatic carbocycles. The maximum absolute atomic E-state index is 12.1. The number of rotatable bonds is 4. The summed E-state index contributed by atoms with van der Waals surface area (Å²) in [6.07, 6.45) is 0. The van der Waals surface area contributed by atoms with E-state index in [-0.39, 0.29) is 23.9 Å². The Labute approximate surface area is 97.2 Å². The molecule has 94 valence electrons. The maximum Gasteiger partial charge on any atom is 0.240 e. The van der Waals surface area contributed by atoms with E-state index >= 15 is 0 Å². The number of amides is 2. The molecule has 0 unspecified atom stereocenters. The van der Waals surface area contributed by atoms with E-state index in [1.807, 2.05) is 34.6 Å². The number of hydrogen-bond acceptors (Lipinski definition) is 3. The first-order valence-corrected chi connectivity index (χ1v) is 5.41. The summed E-state index contributed by atoms with van der Waals surface area (Å²) in [7, 11) is 0. The highest BCUT2D eigenvalue weighted by molar-refractivity contribution is 5.87. The Morgan fingerprint density at radius 2 is 1.69 bits per heavy atom. The smallest absolute Gasteiger partial charge is 0.240 e. The summed E-state index contributed by atoms with van der Waals surface area (Å²) < 4.78 is 0. The molecule has 5 nitrogen and oxygen atoms in total. The van der Waals surface area contributed by atoms with Crippen LogP contribution in [0.25, 0.3) is 0 Å². The van der Waals surface area contributed by atoms with E-state index in [9.17, 15) is 9.59 Å². The Hall–Kier alpha value is -1.10. The Morgan fingerprint density at radius 3 is 1.94 bits per heavy atom. The molecule has 0 radical (unpaired) electrons. The van der Waals surface area contributed by atoms with Gasteiger partial charge in [0.1, 0.15) is 0 Å². The first-order valence-electron chi connectivity index (χ1n) is 5.41. The van der Waals surface area contributed by atoms with Gasteiger partial charge < -0.3 is 16.4 Å². The molecule has 0 bridgehead atoms. The third kappa shape index (κ3) is 4.18. The second-order valence-electron chi connectivity index (χ2n) is 5.37. The Morgan fingerprint density at radius 1 is 1.25 bits per heavy atom. The number of carbonyl (C=O) groups is 2. The zero-order valence-electron chi connectivity index (χ0n) is 10.8. The van der Waals surface area contributed by atoms with Crippen LogP contribution in [-0.2, 0) is 9.59 Å². The lowest BCUT2D eigenvalue weighted by molar-refractivity contribution is -0.140. The van der Waals surface area contributed by atoms with Crippen molar-refractivity contribution in [3.63, 3.8) is 0 Å². The molecule has 0 aromatic rings. The highest BCUT2D eigenvalue weighted by Crippen LogP contribution is 2.19. The van der Waals surface area contributed by atoms with Crippen LogP contribution in [0.2, 0.25) is 0 Å². The topological polar surface area (TPSA) is 89.4 Å². The zero-order chi connectivity index (χ0) is 13.1. The van der Waals surface area contributed by atoms with Crippen LogP contribution in [0.1, 0.15) is 34.6 Å². The van der Waals surface area contributed by atoms with Gasteiger partial charge in [-0.25, -0.2) is 0 Å². The van der Waals surface area contributed by atoms with Crippen LogP contribution >= 0.6 is 0 Å². The molecular formula is C11H23N3O2. The highest BCUT2D eigenvalue weighted by Gasteiger charge is 2.32. The first-order chi connectivity index (χ1) is 7.07. The quantitative estimate of drug-likeness (QED) is 0.715. The summed E-state index contributed by atoms with van der Waals surface area (Å²) >= 11 is 0. The van der Waals surface area contributed by atoms with Crippen LogP contribution in [0, 0.1) is 5.41 Å². The van der Waals surface area contributed by atoms with Gasteiger partial charge in [0.05, 0.1) is 12.6 Å². The normalized spacial score (nSPS) is 13.7. The third-order valence-electron chi connectivity index (χ3n) is 2.43. The summed E-state index contributed by atoms with van der Waals surface area (Å²) in [4.78, 5) is 24.4. The molecule has 0 fully saturated rings. The minimum atomic E-state index is -0.630. The van der Waals surface area contributed by atoms with Crippen LogP contribution < -0.4 is 11.5 Å². The largest absolute Gasteiger partial charge is 0.368 e. The Bertz CT molecular complexity index is 269. The monoisotopic (exact) mass is 229 g/mol. The molecule has 0 heterocycles. The molecule has 0 aliphatic carbocycles. The molecule has 0 rings (SSSR count). The van der Waals surface area contributed by atoms with E-state index < -0.39 is 11.9 Å². The van der Waals surface area contributed by atoms with Gasteiger partial charge >= 0.3 is 0 Å². The Kier molecular flexibility index (Phi) is 4.93. The van der Waals surface area contributed by atoms with Gasteiger partial charge in [-0.1, -0.05) is 20.8 Å². The van der Waals surface area contributed by atoms with Crippen molar-refractivity contribution in [2.75, 3.05) is 6.54 Å². The molecule has 0 aliphatic rings. The second-order valence-corrected chi connectivity index (χ2v) is 5.37. The third-order valence-corrected chi connectivity index (χ3v) is 2.43. The standard InChI is InChI=1S/C11H23N3O2/c1-7(2)14(6-8(12)15)10(16)9(13)11(3,4)5/h7,9H,6,13H2,1-5H3,(H2,12,15)/t9-/m1/s1. The highest BCUT2D eigenvalue weighted by atomic mass is 16.2. The summed E-state index contributed by atoms with van der Waals surface area (Å²) in [5, 5.41) is 0. The van der Waals surface area contributed by atoms with Crippen molar-refractivity contribution in [1.82, 2.24) is 4.90 Å². The number of hydrogen-bond donors (Lipinski definition) is 2. The van der Waals surface area contributed by atoms with Gasteiger partial charge in [0, 0.05) is 6.04 Å². The summed E-state index contributed by atoms with van der Waals surface area (Å²) in [5.41, 5.74) is 10.6. The van der Waals surface area contributed by atoms with Crippen LogP contribution in [0.3, 0.4) is 0 Å². The maximum atomic E-state index is 12.1. The van der Waals surface area contributed by atoms with Crippen molar-refractivity contribution < 1.29 is 9.59 Å². The van der Waals surface area contributed by atoms with Crippen molar-refractivity contribution >= 4 is 11.8 Å². The van der Waals surface area contributed by atoms with Crippen molar-refractivity contribution in [2.45, 2.75) is 46.7 Å². The summed E-state index contributed by atoms with van der Waals surface area (Å²) in [5.74, 6) is -0.760. The van der Waals surface area contributed by atoms with Crippen LogP contribution in [-0.4, -0.2) is 35.3 Å². The molecule has 1 atom stereocenters. The van der Waals surface area contributed by atoms with Gasteiger partial charge in [-0.05, 0) is 19.3 Å². The lowest BCUT2D eigenvalue weighted by Crippen LogP contribution is -2.54. The van der Waals surface area contributed by atoms with Crippen LogP contribution in [0.5, 0.6) is 0 Å². The van der Waals surface area contributed by atoms with Gasteiger partial charge in [-0.2, -0.15) is 0 Å². The number of nitrogens with two attached hydrogens (primary N) is 2. The van der Waals surface area contributed by atoms with E-state index in [0.717, 1.165) is 0 Å². The van der Waals surface area contributed by atoms with Gasteiger partial charge in [-0.15, -0.1) is 0 Å². The van der Waals surface area contributed by atoms with Crippen molar-refractivity contribution in [3.05, 3.63) is 0 Å². The van der Waals surface area contributed by atoms with Crippen LogP contribution in [0.4, 0.5) is 0 Å². The first kappa shape index (κ1) is 14.9. The van der Waals surface area contributed by atoms with Crippen molar-refractivity contribution in [3.8, 4) is 0 Å². The summed E-state index contributed by atoms with van der Waals surface area (Å²) in [6.45, 7) is 9.24. The molecule has 4 N–H and O–H groups in total. The minimum absolute atomic E-state index is 0.0831. The second kappa shape index (κ2) is 5.30. The number of carbonyl (C=O) groups excluding carboxylic acids is 2. The fourth-order valence-electron chi connectivity index (χ4n) is 1.23. The molecule has 0 saturated heterocycles. The molecule has 0 aliphatic heterocycles. The fraction of sp³-hybridized carbons (Fsp3) is 0.818. The van der Waals surface area contributed by atoms with Crippen LogP contribution in [0.15, 0.2) is 0 Å². The predicted molar refractivity (Wildman–Crippen MR) is 63.5 cm³/mol. The SMILES string of the molecule is CC(C)N(CC(N)=O)C(=O)[C@@H](N)C(C)(C)C. The van der Waals surface area contributed by atoms with E-state index in [2.05, 4.69) is 0 Å². The molecule has 5 heteroatoms. The Balaban J connectivity index is 4.82. The molecule has 16 heavy (non-hydrogen) atoms. The molecule has 0 spiro atoms. The predicted octanol–water partition coefficient (Wildman–Crippen LogP) is 0.0821. The van der Waals surface area contributed by atoms with E-state index in [1.54, 1.807) is 0 Å². The zero-order valence-corrected chi connectivity index (χ0v) is 10.8. The van der Waals surface area contributed by atoms with E-state index in [0.29, 0.717) is 0 Å². The molecular weight excluding hydrogens is 206 g/mol. The molecule has 2 amide bonds. The average Bonchev–Trinajstić information content (AvgIpc) is 2.09. The fourth-order valence-corrected chi connectivity index (χ4v) is 1.23. The van der Waals surface area contributed by atoms with Gasteiger partial charge in [0.2, 0.25) is 11.8 Å². The average molecular weight is 229 g/mol. The van der Waals surface area contributed by atoms with Crippen molar-refractivity contribution in [2.24, 2.45) is 16.9 Å². The number of primary amides is 1. The number of nitrogens with zero attached hydrogens (tertiary/aromatic N) is 1. The molecule has 0 saturated carbocycles. The van der Waals surface area contributed by atoms with Gasteiger partial charge in [0.15, 0.2) is 0 Å². The van der Waals surface area contributed by atoms with E-state index in [4.69, 9.17) is 11.5 Å². The molecule has 0 aromatic heterocycles. The lowest BCUT2D eigenvalue weighted by atomic mass is 9.86. The van der Waals surface area contributed by atoms with Crippen molar-refractivity contribution in [1.29, 1.82) is 0 Å². The van der Waals surface area contributed by atoms with Gasteiger partial charge in [-0.3, -0.25) is 9.59 Å². The van der Waals surface area contributed by atoms with E-state index in [1.165, 1.54) is 4.90 Å². The summed E-state index contributed by atoms with van der Waals surface area (Å²) in [6, 6.07) is -0.720. The lowest BCUT2D eigenvalue weighted by Gasteiger charge is -2.33. The van der Waals surface area contributed by atoms with Gasteiger partial charge in [0.25, 0.3) is 0 Å².